The van der Waals surface area contributed by atoms with E-state index in [9.17, 15) is 10.4 Å². The Morgan fingerprint density at radius 3 is 2.30 bits per heavy atom. The summed E-state index contributed by atoms with van der Waals surface area (Å²) in [5, 5.41) is 19.7. The molecule has 0 aliphatic carbocycles. The van der Waals surface area contributed by atoms with Crippen LogP contribution in [0.2, 0.25) is 0 Å². The van der Waals surface area contributed by atoms with Gasteiger partial charge in [-0.25, -0.2) is 9.98 Å². The Morgan fingerprint density at radius 2 is 1.85 bits per heavy atom. The highest BCUT2D eigenvalue weighted by Crippen LogP contribution is 2.28. The fourth-order valence-corrected chi connectivity index (χ4v) is 2.68. The Morgan fingerprint density at radius 1 is 1.25 bits per heavy atom. The van der Waals surface area contributed by atoms with Gasteiger partial charge >= 0.3 is 0 Å². The van der Waals surface area contributed by atoms with Gasteiger partial charge in [0.15, 0.2) is 10.7 Å². The summed E-state index contributed by atoms with van der Waals surface area (Å²) in [7, 11) is 0. The predicted octanol–water partition coefficient (Wildman–Crippen LogP) is 3.73. The summed E-state index contributed by atoms with van der Waals surface area (Å²) in [5.41, 5.74) is 3.36. The Kier molecular flexibility index (Phi) is 3.86. The van der Waals surface area contributed by atoms with Crippen molar-refractivity contribution in [2.75, 3.05) is 0 Å². The second-order valence-corrected chi connectivity index (χ2v) is 5.86. The number of phenolic OH excluding ortho intramolecular Hbond substituents is 1. The van der Waals surface area contributed by atoms with Crippen LogP contribution in [0, 0.1) is 39.0 Å². The summed E-state index contributed by atoms with van der Waals surface area (Å²) in [6, 6.07) is 5.61. The first kappa shape index (κ1) is 14.2. The van der Waals surface area contributed by atoms with Crippen LogP contribution in [-0.2, 0) is 0 Å². The summed E-state index contributed by atoms with van der Waals surface area (Å²) >= 11 is 1.46. The van der Waals surface area contributed by atoms with Crippen LogP contribution in [-0.4, -0.2) is 15.8 Å². The van der Waals surface area contributed by atoms with Crippen molar-refractivity contribution in [1.29, 1.82) is 5.26 Å². The first-order valence-corrected chi connectivity index (χ1v) is 6.97. The third kappa shape index (κ3) is 2.70. The molecule has 0 radical (unpaired) electrons. The van der Waals surface area contributed by atoms with Crippen LogP contribution in [0.4, 0.5) is 5.69 Å². The lowest BCUT2D eigenvalue weighted by molar-refractivity contribution is 0.467. The first-order chi connectivity index (χ1) is 9.42. The predicted molar refractivity (Wildman–Crippen MR) is 81.0 cm³/mol. The fourth-order valence-electron chi connectivity index (χ4n) is 1.82. The molecule has 0 saturated heterocycles. The standard InChI is InChI=1S/C15H15N3OS/c1-8-5-12(6-9(2)14(8)19)18-13(7-16)15-17-10(3)11(4)20-15/h5-6,19H,1-4H3. The smallest absolute Gasteiger partial charge is 0.177 e. The molecule has 0 aliphatic heterocycles. The highest BCUT2D eigenvalue weighted by molar-refractivity contribution is 7.14. The molecule has 5 heteroatoms. The lowest BCUT2D eigenvalue weighted by Crippen LogP contribution is -1.96. The van der Waals surface area contributed by atoms with Crippen LogP contribution >= 0.6 is 11.3 Å². The van der Waals surface area contributed by atoms with Crippen molar-refractivity contribution in [3.05, 3.63) is 38.8 Å². The number of nitrogens with zero attached hydrogens (tertiary/aromatic N) is 3. The number of aromatic nitrogens is 1. The third-order valence-corrected chi connectivity index (χ3v) is 4.13. The van der Waals surface area contributed by atoms with Crippen LogP contribution in [0.15, 0.2) is 17.1 Å². The number of rotatable bonds is 2. The average molecular weight is 285 g/mol. The van der Waals surface area contributed by atoms with Gasteiger partial charge in [0.2, 0.25) is 0 Å². The molecule has 0 amide bonds. The van der Waals surface area contributed by atoms with Crippen LogP contribution in [0.5, 0.6) is 5.75 Å². The third-order valence-electron chi connectivity index (χ3n) is 3.05. The number of benzene rings is 1. The zero-order valence-corrected chi connectivity index (χ0v) is 12.7. The van der Waals surface area contributed by atoms with E-state index in [-0.39, 0.29) is 5.75 Å². The van der Waals surface area contributed by atoms with Crippen molar-refractivity contribution in [2.45, 2.75) is 27.7 Å². The van der Waals surface area contributed by atoms with Gasteiger partial charge in [0.25, 0.3) is 0 Å². The number of hydrogen-bond acceptors (Lipinski definition) is 5. The molecule has 0 fully saturated rings. The maximum atomic E-state index is 9.76. The molecule has 0 unspecified atom stereocenters. The summed E-state index contributed by atoms with van der Waals surface area (Å²) in [6.07, 6.45) is 0. The molecule has 1 aromatic carbocycles. The van der Waals surface area contributed by atoms with Crippen LogP contribution in [0.1, 0.15) is 26.7 Å². The van der Waals surface area contributed by atoms with E-state index in [0.717, 1.165) is 21.7 Å². The van der Waals surface area contributed by atoms with Crippen molar-refractivity contribution < 1.29 is 5.11 Å². The molecular formula is C15H15N3OS. The van der Waals surface area contributed by atoms with Gasteiger partial charge < -0.3 is 5.11 Å². The summed E-state index contributed by atoms with van der Waals surface area (Å²) in [6.45, 7) is 7.51. The van der Waals surface area contributed by atoms with E-state index >= 15 is 0 Å². The van der Waals surface area contributed by atoms with E-state index in [1.165, 1.54) is 11.3 Å². The summed E-state index contributed by atoms with van der Waals surface area (Å²) < 4.78 is 0. The van der Waals surface area contributed by atoms with E-state index in [0.29, 0.717) is 16.4 Å². The van der Waals surface area contributed by atoms with Gasteiger partial charge in [-0.2, -0.15) is 5.26 Å². The molecule has 1 aromatic heterocycles. The average Bonchev–Trinajstić information content (AvgIpc) is 2.73. The van der Waals surface area contributed by atoms with Gasteiger partial charge in [-0.3, -0.25) is 0 Å². The lowest BCUT2D eigenvalue weighted by atomic mass is 10.1. The molecule has 4 nitrogen and oxygen atoms in total. The number of thiazole rings is 1. The van der Waals surface area contributed by atoms with E-state index < -0.39 is 0 Å². The van der Waals surface area contributed by atoms with Crippen molar-refractivity contribution >= 4 is 22.7 Å². The topological polar surface area (TPSA) is 69.3 Å². The molecule has 2 rings (SSSR count). The highest BCUT2D eigenvalue weighted by Gasteiger charge is 2.11. The van der Waals surface area contributed by atoms with Crippen LogP contribution in [0.3, 0.4) is 0 Å². The molecule has 1 heterocycles. The Balaban J connectivity index is 2.49. The fraction of sp³-hybridized carbons (Fsp3) is 0.267. The lowest BCUT2D eigenvalue weighted by Gasteiger charge is -2.04. The molecule has 0 aliphatic rings. The second kappa shape index (κ2) is 5.43. The number of aliphatic imine (C=N–C) groups is 1. The molecular weight excluding hydrogens is 270 g/mol. The minimum absolute atomic E-state index is 0.267. The SMILES string of the molecule is Cc1cc(N=C(C#N)c2nc(C)c(C)s2)cc(C)c1O. The maximum Gasteiger partial charge on any atom is 0.177 e. The Labute approximate surface area is 122 Å². The molecule has 2 aromatic rings. The van der Waals surface area contributed by atoms with E-state index in [2.05, 4.69) is 16.0 Å². The quantitative estimate of drug-likeness (QED) is 0.855. The van der Waals surface area contributed by atoms with E-state index in [4.69, 9.17) is 0 Å². The highest BCUT2D eigenvalue weighted by atomic mass is 32.1. The van der Waals surface area contributed by atoms with Gasteiger partial charge in [0.05, 0.1) is 11.4 Å². The summed E-state index contributed by atoms with van der Waals surface area (Å²) in [5.74, 6) is 0.267. The molecule has 0 bridgehead atoms. The van der Waals surface area contributed by atoms with Gasteiger partial charge in [0.1, 0.15) is 11.8 Å². The van der Waals surface area contributed by atoms with Crippen molar-refractivity contribution in [1.82, 2.24) is 4.98 Å². The number of aromatic hydroxyl groups is 1. The van der Waals surface area contributed by atoms with Crippen molar-refractivity contribution in [2.24, 2.45) is 4.99 Å². The molecule has 0 saturated carbocycles. The second-order valence-electron chi connectivity index (χ2n) is 4.66. The first-order valence-electron chi connectivity index (χ1n) is 6.15. The van der Waals surface area contributed by atoms with Crippen LogP contribution in [0.25, 0.3) is 0 Å². The van der Waals surface area contributed by atoms with Gasteiger partial charge in [-0.05, 0) is 51.0 Å². The number of nitriles is 1. The number of phenols is 1. The maximum absolute atomic E-state index is 9.76. The Hall–Kier alpha value is -2.19. The minimum atomic E-state index is 0.267. The number of aryl methyl sites for hydroxylation is 4. The van der Waals surface area contributed by atoms with Crippen LogP contribution < -0.4 is 0 Å². The van der Waals surface area contributed by atoms with Gasteiger partial charge in [0, 0.05) is 4.88 Å². The number of hydrogen-bond donors (Lipinski definition) is 1. The largest absolute Gasteiger partial charge is 0.507 e. The van der Waals surface area contributed by atoms with Crippen molar-refractivity contribution in [3.63, 3.8) is 0 Å². The molecule has 0 spiro atoms. The molecule has 102 valence electrons. The van der Waals surface area contributed by atoms with Gasteiger partial charge in [-0.1, -0.05) is 0 Å². The monoisotopic (exact) mass is 285 g/mol. The van der Waals surface area contributed by atoms with E-state index in [1.807, 2.05) is 27.7 Å². The molecule has 20 heavy (non-hydrogen) atoms. The Bertz CT molecular complexity index is 696. The molecule has 1 N–H and O–H groups in total. The molecule has 0 atom stereocenters. The normalized spacial score (nSPS) is 11.4. The zero-order chi connectivity index (χ0) is 14.9. The minimum Gasteiger partial charge on any atom is -0.507 e. The van der Waals surface area contributed by atoms with E-state index in [1.54, 1.807) is 12.1 Å². The zero-order valence-electron chi connectivity index (χ0n) is 11.9. The van der Waals surface area contributed by atoms with Gasteiger partial charge in [-0.15, -0.1) is 11.3 Å². The van der Waals surface area contributed by atoms with Crippen molar-refractivity contribution in [3.8, 4) is 11.8 Å². The summed E-state index contributed by atoms with van der Waals surface area (Å²) in [4.78, 5) is 9.80.